The maximum absolute atomic E-state index is 13.6. The fourth-order valence-corrected chi connectivity index (χ4v) is 5.58. The number of ether oxygens (including phenoxy) is 1. The van der Waals surface area contributed by atoms with Gasteiger partial charge in [-0.2, -0.15) is 0 Å². The molecule has 1 amide bonds. The molecule has 6 heteroatoms. The molecule has 3 atom stereocenters. The maximum atomic E-state index is 13.6. The van der Waals surface area contributed by atoms with Crippen LogP contribution in [0.4, 0.5) is 0 Å². The summed E-state index contributed by atoms with van der Waals surface area (Å²) in [5.74, 6) is 1.56. The summed E-state index contributed by atoms with van der Waals surface area (Å²) < 4.78 is 5.40. The van der Waals surface area contributed by atoms with E-state index in [0.717, 1.165) is 48.3 Å². The van der Waals surface area contributed by atoms with Gasteiger partial charge in [0.1, 0.15) is 0 Å². The van der Waals surface area contributed by atoms with Gasteiger partial charge in [0.15, 0.2) is 5.84 Å². The molecular formula is C33H46N4O2. The Balaban J connectivity index is 1.69. The molecule has 1 fully saturated rings. The largest absolute Gasteiger partial charge is 0.501 e. The van der Waals surface area contributed by atoms with Gasteiger partial charge in [-0.3, -0.25) is 10.2 Å². The van der Waals surface area contributed by atoms with E-state index >= 15 is 0 Å². The van der Waals surface area contributed by atoms with Crippen LogP contribution >= 0.6 is 0 Å². The summed E-state index contributed by atoms with van der Waals surface area (Å²) in [7, 11) is 1.69. The highest BCUT2D eigenvalue weighted by molar-refractivity contribution is 6.00. The number of hydrogen-bond donors (Lipinski definition) is 1. The lowest BCUT2D eigenvalue weighted by molar-refractivity contribution is -0.130. The highest BCUT2D eigenvalue weighted by Crippen LogP contribution is 2.26. The van der Waals surface area contributed by atoms with Gasteiger partial charge in [0.25, 0.3) is 5.91 Å². The molecule has 0 spiro atoms. The third kappa shape index (κ3) is 7.81. The molecule has 0 radical (unpaired) electrons. The van der Waals surface area contributed by atoms with Gasteiger partial charge in [0, 0.05) is 43.4 Å². The van der Waals surface area contributed by atoms with Crippen molar-refractivity contribution in [3.05, 3.63) is 82.3 Å². The number of hydrogen-bond acceptors (Lipinski definition) is 4. The molecule has 1 unspecified atom stereocenters. The molecule has 1 aliphatic carbocycles. The van der Waals surface area contributed by atoms with Crippen LogP contribution in [0.15, 0.2) is 76.2 Å². The van der Waals surface area contributed by atoms with E-state index in [1.165, 1.54) is 11.1 Å². The van der Waals surface area contributed by atoms with Gasteiger partial charge in [-0.05, 0) is 77.5 Å². The number of methoxy groups -OCH3 is 1. The van der Waals surface area contributed by atoms with Gasteiger partial charge in [-0.1, -0.05) is 54.5 Å². The maximum Gasteiger partial charge on any atom is 0.253 e. The van der Waals surface area contributed by atoms with Crippen LogP contribution in [-0.4, -0.2) is 60.0 Å². The van der Waals surface area contributed by atoms with Gasteiger partial charge < -0.3 is 14.5 Å². The van der Waals surface area contributed by atoms with Crippen molar-refractivity contribution in [3.63, 3.8) is 0 Å². The Morgan fingerprint density at radius 1 is 1.21 bits per heavy atom. The first-order valence-electron chi connectivity index (χ1n) is 14.2. The first kappa shape index (κ1) is 30.1. The van der Waals surface area contributed by atoms with Gasteiger partial charge in [0.05, 0.1) is 18.6 Å². The average Bonchev–Trinajstić information content (AvgIpc) is 2.90. The van der Waals surface area contributed by atoms with Crippen molar-refractivity contribution in [1.29, 1.82) is 5.41 Å². The van der Waals surface area contributed by atoms with Crippen LogP contribution < -0.4 is 0 Å². The van der Waals surface area contributed by atoms with Crippen molar-refractivity contribution in [1.82, 2.24) is 9.80 Å². The van der Waals surface area contributed by atoms with E-state index in [-0.39, 0.29) is 29.7 Å². The van der Waals surface area contributed by atoms with E-state index < -0.39 is 0 Å². The minimum absolute atomic E-state index is 0.0622. The second-order valence-electron chi connectivity index (χ2n) is 10.9. The number of carbonyl (C=O) groups is 1. The second-order valence-corrected chi connectivity index (χ2v) is 10.9. The summed E-state index contributed by atoms with van der Waals surface area (Å²) in [6, 6.07) is 8.72. The van der Waals surface area contributed by atoms with Crippen LogP contribution in [0, 0.1) is 18.3 Å². The zero-order valence-corrected chi connectivity index (χ0v) is 24.8. The van der Waals surface area contributed by atoms with Gasteiger partial charge in [0.2, 0.25) is 0 Å². The Morgan fingerprint density at radius 3 is 2.54 bits per heavy atom. The normalized spacial score (nSPS) is 25.5. The number of piperazine rings is 1. The van der Waals surface area contributed by atoms with Gasteiger partial charge in [-0.15, -0.1) is 0 Å². The van der Waals surface area contributed by atoms with Crippen LogP contribution in [0.2, 0.25) is 0 Å². The molecule has 0 saturated carbocycles. The topological polar surface area (TPSA) is 69.0 Å². The molecule has 3 rings (SSSR count). The van der Waals surface area contributed by atoms with E-state index in [2.05, 4.69) is 61.9 Å². The standard InChI is InChI=1S/C33H46N4O2/c1-8-27(19-28-13-10-12-23(3)18-28)20-35-32(34)31(9-2)37-25(5)21-36(22-26(37)6)33(38)30-15-11-14-29(39-7)17-16-24(30)4/h9-15,18,20,25-27,34H,8,16-17,19,21-22H2,1-7H3/b15-11-,29-14-,30-24+,31-9?,34-32?,35-20-/t25-,26+,27?. The quantitative estimate of drug-likeness (QED) is 0.303. The number of carbonyl (C=O) groups excluding carboxylic acids is 1. The van der Waals surface area contributed by atoms with Crippen molar-refractivity contribution in [2.75, 3.05) is 20.2 Å². The predicted octanol–water partition coefficient (Wildman–Crippen LogP) is 6.63. The first-order valence-corrected chi connectivity index (χ1v) is 14.2. The number of aliphatic imine (C=N–C) groups is 1. The SMILES string of the molecule is CC=C(C(=N)/N=C\C(CC)Cc1cccc(C)c1)N1[C@H](C)CN(C(=O)C2=C(\C)CC/C(OC)=C/C=C\2)C[C@@H]1C. The number of allylic oxidation sites excluding steroid dienone is 5. The zero-order valence-electron chi connectivity index (χ0n) is 24.8. The van der Waals surface area contributed by atoms with Crippen molar-refractivity contribution in [2.24, 2.45) is 10.9 Å². The fourth-order valence-electron chi connectivity index (χ4n) is 5.58. The van der Waals surface area contributed by atoms with Gasteiger partial charge >= 0.3 is 0 Å². The molecule has 1 aliphatic heterocycles. The fraction of sp³-hybridized carbons (Fsp3) is 0.485. The van der Waals surface area contributed by atoms with E-state index in [9.17, 15) is 4.79 Å². The number of rotatable bonds is 8. The van der Waals surface area contributed by atoms with Crippen LogP contribution in [0.1, 0.15) is 65.0 Å². The Hall–Kier alpha value is -3.41. The summed E-state index contributed by atoms with van der Waals surface area (Å²) in [5.41, 5.74) is 5.24. The highest BCUT2D eigenvalue weighted by Gasteiger charge is 2.34. The highest BCUT2D eigenvalue weighted by atomic mass is 16.5. The molecule has 1 N–H and O–H groups in total. The molecular weight excluding hydrogens is 484 g/mol. The number of benzene rings is 1. The van der Waals surface area contributed by atoms with Crippen LogP contribution in [0.25, 0.3) is 0 Å². The lowest BCUT2D eigenvalue weighted by Gasteiger charge is -2.46. The smallest absolute Gasteiger partial charge is 0.253 e. The first-order chi connectivity index (χ1) is 18.7. The number of nitrogens with zero attached hydrogens (tertiary/aromatic N) is 3. The lowest BCUT2D eigenvalue weighted by atomic mass is 9.97. The molecule has 0 bridgehead atoms. The van der Waals surface area contributed by atoms with Gasteiger partial charge in [-0.25, -0.2) is 4.99 Å². The summed E-state index contributed by atoms with van der Waals surface area (Å²) >= 11 is 0. The van der Waals surface area contributed by atoms with E-state index in [1.54, 1.807) is 7.11 Å². The lowest BCUT2D eigenvalue weighted by Crippen LogP contribution is -2.58. The molecule has 1 heterocycles. The minimum Gasteiger partial charge on any atom is -0.501 e. The Morgan fingerprint density at radius 2 is 1.92 bits per heavy atom. The summed E-state index contributed by atoms with van der Waals surface area (Å²) in [6.45, 7) is 13.8. The molecule has 2 aliphatic rings. The predicted molar refractivity (Wildman–Crippen MR) is 162 cm³/mol. The summed E-state index contributed by atoms with van der Waals surface area (Å²) in [5, 5.41) is 8.82. The summed E-state index contributed by atoms with van der Waals surface area (Å²) in [4.78, 5) is 22.5. The van der Waals surface area contributed by atoms with Crippen LogP contribution in [-0.2, 0) is 16.0 Å². The van der Waals surface area contributed by atoms with Crippen molar-refractivity contribution in [2.45, 2.75) is 79.3 Å². The summed E-state index contributed by atoms with van der Waals surface area (Å²) in [6.07, 6.45) is 13.2. The van der Waals surface area contributed by atoms with E-state index in [0.29, 0.717) is 13.1 Å². The third-order valence-electron chi connectivity index (χ3n) is 7.76. The Kier molecular flexibility index (Phi) is 10.9. The molecule has 6 nitrogen and oxygen atoms in total. The van der Waals surface area contributed by atoms with E-state index in [1.807, 2.05) is 49.3 Å². The number of nitrogens with one attached hydrogen (secondary N) is 1. The van der Waals surface area contributed by atoms with E-state index in [4.69, 9.17) is 10.1 Å². The molecule has 39 heavy (non-hydrogen) atoms. The molecule has 1 saturated heterocycles. The monoisotopic (exact) mass is 530 g/mol. The Labute approximate surface area is 235 Å². The molecule has 210 valence electrons. The molecule has 1 aromatic rings. The molecule has 1 aromatic carbocycles. The average molecular weight is 531 g/mol. The number of amidine groups is 1. The van der Waals surface area contributed by atoms with Crippen molar-refractivity contribution in [3.8, 4) is 0 Å². The number of aryl methyl sites for hydroxylation is 1. The van der Waals surface area contributed by atoms with Crippen molar-refractivity contribution >= 4 is 18.0 Å². The zero-order chi connectivity index (χ0) is 28.5. The van der Waals surface area contributed by atoms with Crippen LogP contribution in [0.5, 0.6) is 0 Å². The third-order valence-corrected chi connectivity index (χ3v) is 7.76. The number of amides is 1. The minimum atomic E-state index is 0.0622. The Bertz CT molecular complexity index is 1180. The molecule has 0 aromatic heterocycles. The second kappa shape index (κ2) is 14.1. The van der Waals surface area contributed by atoms with Crippen molar-refractivity contribution < 1.29 is 9.53 Å². The van der Waals surface area contributed by atoms with Crippen LogP contribution in [0.3, 0.4) is 0 Å².